The highest BCUT2D eigenvalue weighted by molar-refractivity contribution is 8.03. The van der Waals surface area contributed by atoms with Gasteiger partial charge in [-0.3, -0.25) is 9.59 Å². The molecule has 106 valence electrons. The smallest absolute Gasteiger partial charge is 0.247 e. The summed E-state index contributed by atoms with van der Waals surface area (Å²) in [4.78, 5) is 23.0. The molecule has 7 heteroatoms. The molecule has 0 spiro atoms. The Balaban J connectivity index is 2.06. The van der Waals surface area contributed by atoms with E-state index < -0.39 is 17.6 Å². The maximum atomic E-state index is 13.6. The summed E-state index contributed by atoms with van der Waals surface area (Å²) in [5, 5.41) is 3.35. The van der Waals surface area contributed by atoms with Crippen LogP contribution in [0.25, 0.3) is 0 Å². The average molecular weight is 315 g/mol. The van der Waals surface area contributed by atoms with Gasteiger partial charge in [-0.05, 0) is 24.1 Å². The predicted octanol–water partition coefficient (Wildman–Crippen LogP) is 1.97. The highest BCUT2D eigenvalue weighted by Gasteiger charge is 2.21. The largest absolute Gasteiger partial charge is 0.366 e. The van der Waals surface area contributed by atoms with E-state index in [0.29, 0.717) is 22.8 Å². The summed E-state index contributed by atoms with van der Waals surface area (Å²) >= 11 is 7.00. The minimum absolute atomic E-state index is 0.126. The van der Waals surface area contributed by atoms with Crippen molar-refractivity contribution < 1.29 is 14.0 Å². The van der Waals surface area contributed by atoms with Crippen molar-refractivity contribution in [3.05, 3.63) is 45.2 Å². The summed E-state index contributed by atoms with van der Waals surface area (Å²) in [6.07, 6.45) is 0.407. The lowest BCUT2D eigenvalue weighted by molar-refractivity contribution is -0.119. The zero-order valence-corrected chi connectivity index (χ0v) is 12.0. The second-order valence-electron chi connectivity index (χ2n) is 4.23. The quantitative estimate of drug-likeness (QED) is 0.892. The van der Waals surface area contributed by atoms with Crippen LogP contribution in [0.1, 0.15) is 12.0 Å². The molecule has 0 saturated carbocycles. The number of carbonyl (C=O) groups excluding carboxylic acids is 2. The first-order valence-corrected chi connectivity index (χ1v) is 7.23. The normalized spacial score (nSPS) is 14.5. The fourth-order valence-electron chi connectivity index (χ4n) is 1.81. The number of primary amides is 1. The number of hydrogen-bond donors (Lipinski definition) is 2. The third-order valence-electron chi connectivity index (χ3n) is 2.79. The Morgan fingerprint density at radius 3 is 2.85 bits per heavy atom. The highest BCUT2D eigenvalue weighted by atomic mass is 35.5. The van der Waals surface area contributed by atoms with Crippen LogP contribution >= 0.6 is 23.4 Å². The molecule has 1 aliphatic rings. The van der Waals surface area contributed by atoms with Crippen molar-refractivity contribution in [3.8, 4) is 0 Å². The van der Waals surface area contributed by atoms with Gasteiger partial charge in [-0.2, -0.15) is 0 Å². The standard InChI is InChI=1S/C13H12ClFN2O2S/c14-8-2-1-7(10(15)6-8)5-11(18)17-13-9(12(16)19)3-4-20-13/h1-2,6H,3-5H2,(H2,16,19)(H,17,18). The molecule has 0 radical (unpaired) electrons. The lowest BCUT2D eigenvalue weighted by Crippen LogP contribution is -2.26. The van der Waals surface area contributed by atoms with Gasteiger partial charge in [0.1, 0.15) is 5.82 Å². The molecule has 0 saturated heterocycles. The van der Waals surface area contributed by atoms with Gasteiger partial charge in [-0.15, -0.1) is 11.8 Å². The van der Waals surface area contributed by atoms with Crippen LogP contribution in [0, 0.1) is 5.82 Å². The van der Waals surface area contributed by atoms with Crippen LogP contribution < -0.4 is 11.1 Å². The molecule has 0 atom stereocenters. The molecule has 4 nitrogen and oxygen atoms in total. The fourth-order valence-corrected chi connectivity index (χ4v) is 3.04. The first-order chi connectivity index (χ1) is 9.47. The summed E-state index contributed by atoms with van der Waals surface area (Å²) in [5.74, 6) is -0.767. The SMILES string of the molecule is NC(=O)C1=C(NC(=O)Cc2ccc(Cl)cc2F)SCC1. The van der Waals surface area contributed by atoms with E-state index in [0.717, 1.165) is 6.07 Å². The molecular weight excluding hydrogens is 303 g/mol. The van der Waals surface area contributed by atoms with E-state index in [4.69, 9.17) is 17.3 Å². The van der Waals surface area contributed by atoms with Crippen molar-refractivity contribution in [2.45, 2.75) is 12.8 Å². The maximum absolute atomic E-state index is 13.6. The summed E-state index contributed by atoms with van der Waals surface area (Å²) in [7, 11) is 0. The summed E-state index contributed by atoms with van der Waals surface area (Å²) < 4.78 is 13.6. The number of thioether (sulfide) groups is 1. The predicted molar refractivity (Wildman–Crippen MR) is 76.6 cm³/mol. The van der Waals surface area contributed by atoms with Gasteiger partial charge in [-0.1, -0.05) is 17.7 Å². The van der Waals surface area contributed by atoms with Crippen molar-refractivity contribution in [2.75, 3.05) is 5.75 Å². The third kappa shape index (κ3) is 3.52. The van der Waals surface area contributed by atoms with Gasteiger partial charge in [0.25, 0.3) is 0 Å². The van der Waals surface area contributed by atoms with Crippen molar-refractivity contribution >= 4 is 35.2 Å². The summed E-state index contributed by atoms with van der Waals surface area (Å²) in [6.45, 7) is 0. The Morgan fingerprint density at radius 2 is 2.20 bits per heavy atom. The molecule has 0 aliphatic carbocycles. The van der Waals surface area contributed by atoms with E-state index in [9.17, 15) is 14.0 Å². The summed E-state index contributed by atoms with van der Waals surface area (Å²) in [6, 6.07) is 4.14. The Bertz CT molecular complexity index is 604. The molecule has 1 aromatic carbocycles. The van der Waals surface area contributed by atoms with Crippen LogP contribution in [0.2, 0.25) is 5.02 Å². The zero-order valence-electron chi connectivity index (χ0n) is 10.4. The Kier molecular flexibility index (Phi) is 4.67. The van der Waals surface area contributed by atoms with Crippen molar-refractivity contribution in [3.63, 3.8) is 0 Å². The van der Waals surface area contributed by atoms with Gasteiger partial charge in [-0.25, -0.2) is 4.39 Å². The lowest BCUT2D eigenvalue weighted by Gasteiger charge is -2.08. The molecule has 0 bridgehead atoms. The van der Waals surface area contributed by atoms with E-state index in [-0.39, 0.29) is 17.0 Å². The number of hydrogen-bond acceptors (Lipinski definition) is 3. The van der Waals surface area contributed by atoms with Crippen LogP contribution in [-0.2, 0) is 16.0 Å². The topological polar surface area (TPSA) is 72.2 Å². The molecule has 0 unspecified atom stereocenters. The molecule has 3 N–H and O–H groups in total. The number of nitrogens with one attached hydrogen (secondary N) is 1. The number of rotatable bonds is 4. The number of benzene rings is 1. The Labute approximate surface area is 124 Å². The number of carbonyl (C=O) groups is 2. The monoisotopic (exact) mass is 314 g/mol. The fraction of sp³-hybridized carbons (Fsp3) is 0.231. The van der Waals surface area contributed by atoms with Crippen molar-refractivity contribution in [1.82, 2.24) is 5.32 Å². The zero-order chi connectivity index (χ0) is 14.7. The first-order valence-electron chi connectivity index (χ1n) is 5.87. The minimum atomic E-state index is -0.539. The van der Waals surface area contributed by atoms with Gasteiger partial charge in [0.05, 0.1) is 11.4 Å². The Hall–Kier alpha value is -1.53. The van der Waals surface area contributed by atoms with E-state index in [2.05, 4.69) is 5.32 Å². The molecule has 0 fully saturated rings. The van der Waals surface area contributed by atoms with Crippen molar-refractivity contribution in [2.24, 2.45) is 5.73 Å². The molecule has 2 amide bonds. The van der Waals surface area contributed by atoms with Crippen molar-refractivity contribution in [1.29, 1.82) is 0 Å². The van der Waals surface area contributed by atoms with Gasteiger partial charge >= 0.3 is 0 Å². The highest BCUT2D eigenvalue weighted by Crippen LogP contribution is 2.29. The van der Waals surface area contributed by atoms with Crippen LogP contribution in [0.4, 0.5) is 4.39 Å². The van der Waals surface area contributed by atoms with E-state index >= 15 is 0 Å². The van der Waals surface area contributed by atoms with E-state index in [1.54, 1.807) is 0 Å². The number of halogens is 2. The molecule has 20 heavy (non-hydrogen) atoms. The maximum Gasteiger partial charge on any atom is 0.247 e. The lowest BCUT2D eigenvalue weighted by atomic mass is 10.1. The second-order valence-corrected chi connectivity index (χ2v) is 5.77. The van der Waals surface area contributed by atoms with Crippen LogP contribution in [-0.4, -0.2) is 17.6 Å². The Morgan fingerprint density at radius 1 is 1.45 bits per heavy atom. The van der Waals surface area contributed by atoms with Gasteiger partial charge in [0.2, 0.25) is 11.8 Å². The van der Waals surface area contributed by atoms with Gasteiger partial charge in [0, 0.05) is 16.3 Å². The number of nitrogens with two attached hydrogens (primary N) is 1. The molecule has 0 aromatic heterocycles. The number of amides is 2. The summed E-state index contributed by atoms with van der Waals surface area (Å²) in [5.41, 5.74) is 5.88. The van der Waals surface area contributed by atoms with Crippen LogP contribution in [0.5, 0.6) is 0 Å². The molecule has 1 heterocycles. The molecule has 1 aromatic rings. The van der Waals surface area contributed by atoms with Gasteiger partial charge in [0.15, 0.2) is 0 Å². The molecule has 2 rings (SSSR count). The molecular formula is C13H12ClFN2O2S. The van der Waals surface area contributed by atoms with E-state index in [1.807, 2.05) is 0 Å². The van der Waals surface area contributed by atoms with Gasteiger partial charge < -0.3 is 11.1 Å². The second kappa shape index (κ2) is 6.28. The first kappa shape index (κ1) is 14.9. The average Bonchev–Trinajstić information content (AvgIpc) is 2.81. The minimum Gasteiger partial charge on any atom is -0.366 e. The van der Waals surface area contributed by atoms with Crippen LogP contribution in [0.15, 0.2) is 28.8 Å². The van der Waals surface area contributed by atoms with Crippen LogP contribution in [0.3, 0.4) is 0 Å². The third-order valence-corrected chi connectivity index (χ3v) is 4.07. The molecule has 1 aliphatic heterocycles. The van der Waals surface area contributed by atoms with E-state index in [1.165, 1.54) is 23.9 Å².